The molecule has 2 heterocycles. The summed E-state index contributed by atoms with van der Waals surface area (Å²) in [5, 5.41) is 17.0. The molecule has 0 amide bonds. The van der Waals surface area contributed by atoms with Crippen LogP contribution in [0.4, 0.5) is 19.0 Å². The van der Waals surface area contributed by atoms with Crippen LogP contribution in [0.1, 0.15) is 28.0 Å². The van der Waals surface area contributed by atoms with Gasteiger partial charge in [0.05, 0.1) is 5.69 Å². The van der Waals surface area contributed by atoms with Gasteiger partial charge in [-0.15, -0.1) is 5.10 Å². The monoisotopic (exact) mass is 301 g/mol. The van der Waals surface area contributed by atoms with E-state index in [2.05, 4.69) is 10.2 Å². The molecule has 0 saturated heterocycles. The van der Waals surface area contributed by atoms with E-state index in [1.165, 1.54) is 4.90 Å². The van der Waals surface area contributed by atoms with Crippen molar-refractivity contribution < 1.29 is 23.1 Å². The van der Waals surface area contributed by atoms with Crippen LogP contribution in [-0.4, -0.2) is 40.5 Å². The van der Waals surface area contributed by atoms with Crippen LogP contribution >= 0.6 is 0 Å². The van der Waals surface area contributed by atoms with E-state index in [4.69, 9.17) is 0 Å². The first-order valence-corrected chi connectivity index (χ1v) is 6.30. The number of hydrogen-bond donors (Lipinski definition) is 1. The highest BCUT2D eigenvalue weighted by molar-refractivity contribution is 5.95. The summed E-state index contributed by atoms with van der Waals surface area (Å²) >= 11 is 0. The second kappa shape index (κ2) is 5.34. The summed E-state index contributed by atoms with van der Waals surface area (Å²) in [6, 6.07) is 0. The van der Waals surface area contributed by atoms with Crippen molar-refractivity contribution in [2.45, 2.75) is 26.4 Å². The van der Waals surface area contributed by atoms with Crippen molar-refractivity contribution in [3.63, 3.8) is 0 Å². The van der Waals surface area contributed by atoms with Gasteiger partial charge in [-0.25, -0.2) is 4.79 Å². The van der Waals surface area contributed by atoms with E-state index in [0.29, 0.717) is 11.3 Å². The molecule has 0 aliphatic carbocycles. The minimum atomic E-state index is -4.34. The summed E-state index contributed by atoms with van der Waals surface area (Å²) in [6.07, 6.45) is -3.47. The smallest absolute Gasteiger partial charge is 0.412 e. The van der Waals surface area contributed by atoms with Gasteiger partial charge in [0.25, 0.3) is 0 Å². The predicted octanol–water partition coefficient (Wildman–Crippen LogP) is 2.49. The number of aryl methyl sites for hydroxylation is 1. The summed E-state index contributed by atoms with van der Waals surface area (Å²) in [5.41, 5.74) is 0.358. The van der Waals surface area contributed by atoms with E-state index in [9.17, 15) is 23.1 Å². The Hall–Kier alpha value is -2.12. The maximum atomic E-state index is 12.6. The van der Waals surface area contributed by atoms with Gasteiger partial charge in [-0.05, 0) is 25.8 Å². The summed E-state index contributed by atoms with van der Waals surface area (Å²) in [5.74, 6) is -1.05. The predicted molar refractivity (Wildman–Crippen MR) is 69.4 cm³/mol. The SMILES string of the molecule is Cc1nnc(N2CC=C(C(F)(F)F)CC2)c(C(=O)O)c1C. The molecule has 5 nitrogen and oxygen atoms in total. The fourth-order valence-electron chi connectivity index (χ4n) is 2.19. The Morgan fingerprint density at radius 3 is 2.48 bits per heavy atom. The number of aromatic carboxylic acids is 1. The molecule has 0 aromatic carbocycles. The van der Waals surface area contributed by atoms with Gasteiger partial charge in [0.2, 0.25) is 0 Å². The molecule has 1 aliphatic rings. The van der Waals surface area contributed by atoms with Crippen molar-refractivity contribution in [3.8, 4) is 0 Å². The van der Waals surface area contributed by atoms with E-state index in [-0.39, 0.29) is 30.9 Å². The van der Waals surface area contributed by atoms with Gasteiger partial charge in [0.15, 0.2) is 5.82 Å². The van der Waals surface area contributed by atoms with Crippen molar-refractivity contribution in [2.75, 3.05) is 18.0 Å². The first kappa shape index (κ1) is 15.3. The van der Waals surface area contributed by atoms with Gasteiger partial charge in [-0.2, -0.15) is 18.3 Å². The number of carbonyl (C=O) groups is 1. The summed E-state index contributed by atoms with van der Waals surface area (Å²) in [4.78, 5) is 12.9. The second-order valence-electron chi connectivity index (χ2n) is 4.84. The number of carboxylic acid groups (broad SMARTS) is 1. The quantitative estimate of drug-likeness (QED) is 0.850. The van der Waals surface area contributed by atoms with Crippen LogP contribution in [0, 0.1) is 13.8 Å². The molecule has 0 atom stereocenters. The van der Waals surface area contributed by atoms with Crippen molar-refractivity contribution in [1.82, 2.24) is 10.2 Å². The van der Waals surface area contributed by atoms with Gasteiger partial charge in [0.1, 0.15) is 5.56 Å². The van der Waals surface area contributed by atoms with Gasteiger partial charge in [-0.1, -0.05) is 6.08 Å². The highest BCUT2D eigenvalue weighted by Gasteiger charge is 2.35. The third-order valence-corrected chi connectivity index (χ3v) is 3.52. The fourth-order valence-corrected chi connectivity index (χ4v) is 2.19. The number of rotatable bonds is 2. The Kier molecular flexibility index (Phi) is 3.89. The molecule has 1 aliphatic heterocycles. The van der Waals surface area contributed by atoms with E-state index in [1.807, 2.05) is 0 Å². The number of halogens is 3. The Morgan fingerprint density at radius 1 is 1.33 bits per heavy atom. The van der Waals surface area contributed by atoms with Crippen LogP contribution in [0.2, 0.25) is 0 Å². The third-order valence-electron chi connectivity index (χ3n) is 3.52. The third kappa shape index (κ3) is 2.98. The normalized spacial score (nSPS) is 15.9. The molecule has 0 bridgehead atoms. The van der Waals surface area contributed by atoms with E-state index in [0.717, 1.165) is 6.08 Å². The van der Waals surface area contributed by atoms with Crippen LogP contribution in [0.25, 0.3) is 0 Å². The van der Waals surface area contributed by atoms with Crippen molar-refractivity contribution in [1.29, 1.82) is 0 Å². The van der Waals surface area contributed by atoms with E-state index >= 15 is 0 Å². The summed E-state index contributed by atoms with van der Waals surface area (Å²) in [6.45, 7) is 3.27. The lowest BCUT2D eigenvalue weighted by atomic mass is 10.1. The molecule has 0 spiro atoms. The summed E-state index contributed by atoms with van der Waals surface area (Å²) in [7, 11) is 0. The van der Waals surface area contributed by atoms with Gasteiger partial charge < -0.3 is 10.0 Å². The molecule has 1 aromatic heterocycles. The zero-order valence-corrected chi connectivity index (χ0v) is 11.5. The van der Waals surface area contributed by atoms with Gasteiger partial charge >= 0.3 is 12.1 Å². The molecule has 0 unspecified atom stereocenters. The largest absolute Gasteiger partial charge is 0.478 e. The van der Waals surface area contributed by atoms with Crippen molar-refractivity contribution >= 4 is 11.8 Å². The van der Waals surface area contributed by atoms with Gasteiger partial charge in [-0.3, -0.25) is 0 Å². The Balaban J connectivity index is 2.35. The van der Waals surface area contributed by atoms with Crippen LogP contribution < -0.4 is 4.90 Å². The van der Waals surface area contributed by atoms with Crippen LogP contribution in [0.5, 0.6) is 0 Å². The molecule has 0 saturated carbocycles. The zero-order chi connectivity index (χ0) is 15.8. The number of aromatic nitrogens is 2. The number of alkyl halides is 3. The molecule has 0 fully saturated rings. The Bertz CT molecular complexity index is 611. The second-order valence-corrected chi connectivity index (χ2v) is 4.84. The molecule has 114 valence electrons. The highest BCUT2D eigenvalue weighted by atomic mass is 19.4. The number of hydrogen-bond acceptors (Lipinski definition) is 4. The van der Waals surface area contributed by atoms with Crippen LogP contribution in [0.15, 0.2) is 11.6 Å². The molecular formula is C13H14F3N3O2. The Morgan fingerprint density at radius 2 is 2.00 bits per heavy atom. The number of nitrogens with zero attached hydrogens (tertiary/aromatic N) is 3. The lowest BCUT2D eigenvalue weighted by Crippen LogP contribution is -2.34. The molecule has 1 aromatic rings. The number of carboxylic acids is 1. The Labute approximate surface area is 119 Å². The maximum Gasteiger partial charge on any atom is 0.412 e. The average molecular weight is 301 g/mol. The van der Waals surface area contributed by atoms with E-state index < -0.39 is 17.7 Å². The fraction of sp³-hybridized carbons (Fsp3) is 0.462. The zero-order valence-electron chi connectivity index (χ0n) is 11.5. The molecule has 8 heteroatoms. The molecule has 0 radical (unpaired) electrons. The van der Waals surface area contributed by atoms with E-state index in [1.54, 1.807) is 13.8 Å². The molecule has 1 N–H and O–H groups in total. The van der Waals surface area contributed by atoms with Crippen molar-refractivity contribution in [2.24, 2.45) is 0 Å². The molecule has 2 rings (SSSR count). The number of anilines is 1. The maximum absolute atomic E-state index is 12.6. The lowest BCUT2D eigenvalue weighted by Gasteiger charge is -2.29. The van der Waals surface area contributed by atoms with Crippen molar-refractivity contribution in [3.05, 3.63) is 28.5 Å². The van der Waals surface area contributed by atoms with Crippen LogP contribution in [0.3, 0.4) is 0 Å². The standard InChI is InChI=1S/C13H14F3N3O2/c1-7-8(2)17-18-11(10(7)12(20)21)19-5-3-9(4-6-19)13(14,15)16/h3H,4-6H2,1-2H3,(H,20,21). The minimum absolute atomic E-state index is 0.00800. The molecular weight excluding hydrogens is 287 g/mol. The first-order valence-electron chi connectivity index (χ1n) is 6.30. The first-order chi connectivity index (χ1) is 9.71. The molecule has 21 heavy (non-hydrogen) atoms. The summed E-state index contributed by atoms with van der Waals surface area (Å²) < 4.78 is 37.8. The highest BCUT2D eigenvalue weighted by Crippen LogP contribution is 2.32. The average Bonchev–Trinajstić information content (AvgIpc) is 2.40. The van der Waals surface area contributed by atoms with Gasteiger partial charge in [0, 0.05) is 18.7 Å². The van der Waals surface area contributed by atoms with Crippen LogP contribution in [-0.2, 0) is 0 Å². The lowest BCUT2D eigenvalue weighted by molar-refractivity contribution is -0.0944. The topological polar surface area (TPSA) is 66.3 Å². The minimum Gasteiger partial charge on any atom is -0.478 e.